The van der Waals surface area contributed by atoms with Gasteiger partial charge in [-0.1, -0.05) is 11.6 Å². The zero-order valence-corrected chi connectivity index (χ0v) is 19.2. The fourth-order valence-electron chi connectivity index (χ4n) is 3.12. The summed E-state index contributed by atoms with van der Waals surface area (Å²) in [6.45, 7) is 3.94. The van der Waals surface area contributed by atoms with Crippen LogP contribution >= 0.6 is 35.6 Å². The lowest BCUT2D eigenvalue weighted by atomic mass is 10.2. The summed E-state index contributed by atoms with van der Waals surface area (Å²) in [5.41, 5.74) is 1.20. The minimum absolute atomic E-state index is 0. The van der Waals surface area contributed by atoms with E-state index in [0.29, 0.717) is 19.2 Å². The van der Waals surface area contributed by atoms with E-state index in [1.165, 1.54) is 5.69 Å². The van der Waals surface area contributed by atoms with E-state index in [1.807, 2.05) is 24.3 Å². The molecule has 1 aliphatic rings. The average molecular weight is 519 g/mol. The molecule has 28 heavy (non-hydrogen) atoms. The van der Waals surface area contributed by atoms with Gasteiger partial charge >= 0.3 is 0 Å². The number of anilines is 1. The van der Waals surface area contributed by atoms with Crippen LogP contribution in [-0.2, 0) is 11.2 Å². The van der Waals surface area contributed by atoms with Crippen molar-refractivity contribution in [2.45, 2.75) is 18.9 Å². The minimum Gasteiger partial charge on any atom is -0.469 e. The van der Waals surface area contributed by atoms with Crippen LogP contribution in [0, 0.1) is 0 Å². The molecule has 1 saturated heterocycles. The van der Waals surface area contributed by atoms with Gasteiger partial charge in [-0.05, 0) is 42.8 Å². The molecule has 0 bridgehead atoms. The van der Waals surface area contributed by atoms with Gasteiger partial charge in [0.25, 0.3) is 0 Å². The molecule has 6 nitrogen and oxygen atoms in total. The lowest BCUT2D eigenvalue weighted by Gasteiger charge is -2.20. The number of methoxy groups -OCH3 is 1. The van der Waals surface area contributed by atoms with Crippen LogP contribution in [0.1, 0.15) is 12.2 Å². The second-order valence-corrected chi connectivity index (χ2v) is 6.97. The van der Waals surface area contributed by atoms with Crippen LogP contribution in [0.5, 0.6) is 0 Å². The van der Waals surface area contributed by atoms with Gasteiger partial charge in [0.2, 0.25) is 0 Å². The number of hydrogen-bond acceptors (Lipinski definition) is 4. The van der Waals surface area contributed by atoms with Gasteiger partial charge in [0.15, 0.2) is 5.96 Å². The van der Waals surface area contributed by atoms with Crippen molar-refractivity contribution in [3.05, 3.63) is 53.4 Å². The third-order valence-corrected chi connectivity index (χ3v) is 4.78. The molecular weight excluding hydrogens is 491 g/mol. The third kappa shape index (κ3) is 7.18. The maximum atomic E-state index is 5.99. The standard InChI is InChI=1S/C20H27ClN4O2.HI/c1-26-14-11-23-20(22-10-8-19-3-2-13-27-19)24-17-9-12-25(15-17)18-6-4-16(21)5-7-18;/h2-7,13,17H,8-12,14-15H2,1H3,(H2,22,23,24);1H. The van der Waals surface area contributed by atoms with Crippen molar-refractivity contribution in [3.8, 4) is 0 Å². The van der Waals surface area contributed by atoms with Gasteiger partial charge in [0.05, 0.1) is 19.4 Å². The quantitative estimate of drug-likeness (QED) is 0.242. The maximum Gasteiger partial charge on any atom is 0.191 e. The van der Waals surface area contributed by atoms with E-state index in [4.69, 9.17) is 20.8 Å². The van der Waals surface area contributed by atoms with Crippen LogP contribution in [0.25, 0.3) is 0 Å². The van der Waals surface area contributed by atoms with Crippen LogP contribution in [0.15, 0.2) is 52.1 Å². The lowest BCUT2D eigenvalue weighted by Crippen LogP contribution is -2.45. The second-order valence-electron chi connectivity index (χ2n) is 6.53. The Balaban J connectivity index is 0.00000280. The topological polar surface area (TPSA) is 62.0 Å². The summed E-state index contributed by atoms with van der Waals surface area (Å²) in [5, 5.41) is 7.71. The van der Waals surface area contributed by atoms with E-state index < -0.39 is 0 Å². The molecule has 2 N–H and O–H groups in total. The number of halogens is 2. The fraction of sp³-hybridized carbons (Fsp3) is 0.450. The van der Waals surface area contributed by atoms with Gasteiger partial charge in [0, 0.05) is 49.9 Å². The smallest absolute Gasteiger partial charge is 0.191 e. The molecule has 2 heterocycles. The minimum atomic E-state index is 0. The number of hydrogen-bond donors (Lipinski definition) is 2. The number of nitrogens with one attached hydrogen (secondary N) is 2. The van der Waals surface area contributed by atoms with E-state index in [1.54, 1.807) is 13.4 Å². The summed E-state index contributed by atoms with van der Waals surface area (Å²) in [6.07, 6.45) is 3.58. The predicted octanol–water partition coefficient (Wildman–Crippen LogP) is 3.55. The van der Waals surface area contributed by atoms with Crippen LogP contribution in [-0.4, -0.2) is 51.9 Å². The summed E-state index contributed by atoms with van der Waals surface area (Å²) >= 11 is 5.99. The summed E-state index contributed by atoms with van der Waals surface area (Å²) < 4.78 is 10.5. The Kier molecular flexibility index (Phi) is 9.94. The summed E-state index contributed by atoms with van der Waals surface area (Å²) in [7, 11) is 1.69. The van der Waals surface area contributed by atoms with Crippen LogP contribution in [0.3, 0.4) is 0 Å². The first kappa shape index (κ1) is 22.8. The van der Waals surface area contributed by atoms with Gasteiger partial charge < -0.3 is 24.7 Å². The molecule has 1 aromatic carbocycles. The van der Waals surface area contributed by atoms with E-state index in [9.17, 15) is 0 Å². The van der Waals surface area contributed by atoms with Crippen molar-refractivity contribution < 1.29 is 9.15 Å². The number of benzene rings is 1. The van der Waals surface area contributed by atoms with Gasteiger partial charge in [-0.25, -0.2) is 0 Å². The maximum absolute atomic E-state index is 5.99. The predicted molar refractivity (Wildman–Crippen MR) is 125 cm³/mol. The van der Waals surface area contributed by atoms with Gasteiger partial charge in [-0.2, -0.15) is 0 Å². The van der Waals surface area contributed by atoms with Crippen LogP contribution in [0.4, 0.5) is 5.69 Å². The van der Waals surface area contributed by atoms with E-state index in [-0.39, 0.29) is 24.0 Å². The zero-order valence-electron chi connectivity index (χ0n) is 16.1. The van der Waals surface area contributed by atoms with E-state index in [0.717, 1.165) is 49.2 Å². The largest absolute Gasteiger partial charge is 0.469 e. The Morgan fingerprint density at radius 1 is 1.32 bits per heavy atom. The molecule has 3 rings (SSSR count). The Labute approximate surface area is 188 Å². The summed E-state index contributed by atoms with van der Waals surface area (Å²) in [4.78, 5) is 6.97. The molecule has 1 unspecified atom stereocenters. The third-order valence-electron chi connectivity index (χ3n) is 4.53. The highest BCUT2D eigenvalue weighted by Gasteiger charge is 2.23. The zero-order chi connectivity index (χ0) is 18.9. The van der Waals surface area contributed by atoms with E-state index >= 15 is 0 Å². The highest BCUT2D eigenvalue weighted by molar-refractivity contribution is 14.0. The number of nitrogens with zero attached hydrogens (tertiary/aromatic N) is 2. The SMILES string of the molecule is COCCN=C(NCCc1ccco1)NC1CCN(c2ccc(Cl)cc2)C1.I. The Bertz CT molecular complexity index is 710. The normalized spacial score (nSPS) is 16.7. The Hall–Kier alpha value is -1.45. The van der Waals surface area contributed by atoms with Crippen molar-refractivity contribution in [2.75, 3.05) is 44.8 Å². The first-order valence-corrected chi connectivity index (χ1v) is 9.69. The molecule has 0 saturated carbocycles. The van der Waals surface area contributed by atoms with Crippen molar-refractivity contribution in [3.63, 3.8) is 0 Å². The Morgan fingerprint density at radius 3 is 2.86 bits per heavy atom. The second kappa shape index (κ2) is 12.2. The number of furan rings is 1. The van der Waals surface area contributed by atoms with Gasteiger partial charge in [0.1, 0.15) is 5.76 Å². The summed E-state index contributed by atoms with van der Waals surface area (Å²) in [6, 6.07) is 12.2. The number of aliphatic imine (C=N–C) groups is 1. The summed E-state index contributed by atoms with van der Waals surface area (Å²) in [5.74, 6) is 1.79. The van der Waals surface area contributed by atoms with Crippen LogP contribution in [0.2, 0.25) is 5.02 Å². The molecule has 1 fully saturated rings. The highest BCUT2D eigenvalue weighted by atomic mass is 127. The number of rotatable bonds is 8. The monoisotopic (exact) mass is 518 g/mol. The number of guanidine groups is 1. The van der Waals surface area contributed by atoms with Crippen molar-refractivity contribution in [1.29, 1.82) is 0 Å². The van der Waals surface area contributed by atoms with Crippen LogP contribution < -0.4 is 15.5 Å². The van der Waals surface area contributed by atoms with Crippen molar-refractivity contribution in [1.82, 2.24) is 10.6 Å². The first-order valence-electron chi connectivity index (χ1n) is 9.31. The highest BCUT2D eigenvalue weighted by Crippen LogP contribution is 2.22. The molecule has 0 radical (unpaired) electrons. The molecule has 1 aliphatic heterocycles. The molecular formula is C20H28ClIN4O2. The van der Waals surface area contributed by atoms with Crippen molar-refractivity contribution in [2.24, 2.45) is 4.99 Å². The molecule has 0 amide bonds. The Morgan fingerprint density at radius 2 is 2.14 bits per heavy atom. The molecule has 0 aliphatic carbocycles. The first-order chi connectivity index (χ1) is 13.2. The van der Waals surface area contributed by atoms with Gasteiger partial charge in [-0.15, -0.1) is 24.0 Å². The molecule has 8 heteroatoms. The molecule has 1 atom stereocenters. The molecule has 154 valence electrons. The lowest BCUT2D eigenvalue weighted by molar-refractivity contribution is 0.208. The fourth-order valence-corrected chi connectivity index (χ4v) is 3.24. The van der Waals surface area contributed by atoms with Gasteiger partial charge in [-0.3, -0.25) is 4.99 Å². The van der Waals surface area contributed by atoms with Crippen molar-refractivity contribution >= 4 is 47.2 Å². The average Bonchev–Trinajstić information content (AvgIpc) is 3.34. The number of ether oxygens (including phenoxy) is 1. The van der Waals surface area contributed by atoms with E-state index in [2.05, 4.69) is 32.7 Å². The molecule has 0 spiro atoms. The molecule has 2 aromatic rings. The molecule has 1 aromatic heterocycles.